The first-order valence-corrected chi connectivity index (χ1v) is 12.1. The number of para-hydroxylation sites is 1. The molecule has 0 radical (unpaired) electrons. The van der Waals surface area contributed by atoms with Crippen LogP contribution in [0, 0.1) is 6.92 Å². The van der Waals surface area contributed by atoms with Crippen LogP contribution >= 0.6 is 0 Å². The molecule has 35 heavy (non-hydrogen) atoms. The van der Waals surface area contributed by atoms with Crippen molar-refractivity contribution in [1.82, 2.24) is 9.80 Å². The van der Waals surface area contributed by atoms with Gasteiger partial charge in [-0.15, -0.1) is 0 Å². The molecule has 2 aromatic rings. The molecule has 0 unspecified atom stereocenters. The molecule has 0 aromatic heterocycles. The van der Waals surface area contributed by atoms with Crippen LogP contribution in [0.5, 0.6) is 11.5 Å². The van der Waals surface area contributed by atoms with E-state index in [1.54, 1.807) is 23.1 Å². The zero-order valence-corrected chi connectivity index (χ0v) is 21.5. The van der Waals surface area contributed by atoms with Crippen molar-refractivity contribution in [2.75, 3.05) is 33.8 Å². The van der Waals surface area contributed by atoms with Crippen LogP contribution in [0.3, 0.4) is 0 Å². The third-order valence-corrected chi connectivity index (χ3v) is 5.87. The molecular formula is C28H36N2O5. The van der Waals surface area contributed by atoms with Gasteiger partial charge in [0.2, 0.25) is 0 Å². The second kappa shape index (κ2) is 11.4. The third kappa shape index (κ3) is 5.85. The minimum absolute atomic E-state index is 0.00991. The lowest BCUT2D eigenvalue weighted by Gasteiger charge is -2.27. The number of Topliss-reactive ketones (excluding diaryl/α,β-unsaturated/α-hetero) is 1. The molecule has 7 heteroatoms. The Morgan fingerprint density at radius 1 is 1.11 bits per heavy atom. The quantitative estimate of drug-likeness (QED) is 0.305. The Labute approximate surface area is 207 Å². The first-order chi connectivity index (χ1) is 16.6. The highest BCUT2D eigenvalue weighted by atomic mass is 16.5. The van der Waals surface area contributed by atoms with Gasteiger partial charge in [0.05, 0.1) is 24.3 Å². The summed E-state index contributed by atoms with van der Waals surface area (Å²) in [7, 11) is 3.93. The van der Waals surface area contributed by atoms with E-state index >= 15 is 0 Å². The minimum Gasteiger partial charge on any atom is -0.507 e. The maximum Gasteiger partial charge on any atom is 0.295 e. The molecule has 3 rings (SSSR count). The van der Waals surface area contributed by atoms with Gasteiger partial charge in [0.25, 0.3) is 11.7 Å². The summed E-state index contributed by atoms with van der Waals surface area (Å²) in [5.41, 5.74) is 2.04. The normalized spacial score (nSPS) is 17.5. The monoisotopic (exact) mass is 480 g/mol. The lowest BCUT2D eigenvalue weighted by Crippen LogP contribution is -2.32. The number of ketones is 1. The number of carbonyl (C=O) groups is 2. The summed E-state index contributed by atoms with van der Waals surface area (Å²) >= 11 is 0. The Balaban J connectivity index is 2.13. The number of rotatable bonds is 10. The smallest absolute Gasteiger partial charge is 0.295 e. The number of aliphatic hydroxyl groups excluding tert-OH is 1. The van der Waals surface area contributed by atoms with Crippen molar-refractivity contribution in [1.29, 1.82) is 0 Å². The van der Waals surface area contributed by atoms with Crippen molar-refractivity contribution in [3.8, 4) is 11.5 Å². The van der Waals surface area contributed by atoms with E-state index in [0.29, 0.717) is 42.2 Å². The number of hydrogen-bond acceptors (Lipinski definition) is 6. The highest BCUT2D eigenvalue weighted by molar-refractivity contribution is 6.46. The molecule has 1 heterocycles. The second-order valence-electron chi connectivity index (χ2n) is 9.27. The van der Waals surface area contributed by atoms with Gasteiger partial charge in [0.1, 0.15) is 17.3 Å². The third-order valence-electron chi connectivity index (χ3n) is 5.87. The van der Waals surface area contributed by atoms with Gasteiger partial charge in [-0.2, -0.15) is 0 Å². The van der Waals surface area contributed by atoms with Crippen LogP contribution in [-0.4, -0.2) is 66.5 Å². The summed E-state index contributed by atoms with van der Waals surface area (Å²) in [6.45, 7) is 9.24. The number of likely N-dealkylation sites (tertiary alicyclic amines) is 1. The van der Waals surface area contributed by atoms with Gasteiger partial charge in [0.15, 0.2) is 0 Å². The molecule has 1 atom stereocenters. The molecule has 1 aliphatic heterocycles. The number of aryl methyl sites for hydroxylation is 1. The van der Waals surface area contributed by atoms with Gasteiger partial charge in [-0.1, -0.05) is 18.2 Å². The van der Waals surface area contributed by atoms with E-state index in [1.807, 2.05) is 71.0 Å². The second-order valence-corrected chi connectivity index (χ2v) is 9.27. The van der Waals surface area contributed by atoms with Crippen LogP contribution in [0.1, 0.15) is 49.9 Å². The first kappa shape index (κ1) is 26.3. The molecule has 0 saturated carbocycles. The summed E-state index contributed by atoms with van der Waals surface area (Å²) in [5.74, 6) is -0.211. The van der Waals surface area contributed by atoms with E-state index in [4.69, 9.17) is 9.47 Å². The largest absolute Gasteiger partial charge is 0.507 e. The van der Waals surface area contributed by atoms with Crippen LogP contribution < -0.4 is 9.47 Å². The molecule has 1 fully saturated rings. The summed E-state index contributed by atoms with van der Waals surface area (Å²) in [6, 6.07) is 11.9. The van der Waals surface area contributed by atoms with Crippen LogP contribution in [0.4, 0.5) is 0 Å². The van der Waals surface area contributed by atoms with E-state index in [1.165, 1.54) is 0 Å². The van der Waals surface area contributed by atoms with Gasteiger partial charge in [-0.3, -0.25) is 9.59 Å². The first-order valence-electron chi connectivity index (χ1n) is 12.1. The fourth-order valence-corrected chi connectivity index (χ4v) is 4.32. The molecule has 1 saturated heterocycles. The number of carbonyl (C=O) groups excluding carboxylic acids is 2. The number of ether oxygens (including phenoxy) is 2. The predicted molar refractivity (Wildman–Crippen MR) is 137 cm³/mol. The molecule has 0 bridgehead atoms. The van der Waals surface area contributed by atoms with E-state index in [-0.39, 0.29) is 17.4 Å². The Hall–Kier alpha value is -3.32. The topological polar surface area (TPSA) is 79.3 Å². The zero-order chi connectivity index (χ0) is 25.7. The molecule has 2 aromatic carbocycles. The lowest BCUT2D eigenvalue weighted by molar-refractivity contribution is -0.140. The number of aliphatic hydroxyl groups is 1. The Bertz CT molecular complexity index is 1110. The van der Waals surface area contributed by atoms with Crippen LogP contribution in [0.15, 0.2) is 48.0 Å². The Morgan fingerprint density at radius 3 is 2.46 bits per heavy atom. The van der Waals surface area contributed by atoms with Gasteiger partial charge < -0.3 is 24.4 Å². The fourth-order valence-electron chi connectivity index (χ4n) is 4.32. The van der Waals surface area contributed by atoms with Gasteiger partial charge >= 0.3 is 0 Å². The average molecular weight is 481 g/mol. The van der Waals surface area contributed by atoms with E-state index in [0.717, 1.165) is 12.1 Å². The van der Waals surface area contributed by atoms with Gasteiger partial charge in [-0.05, 0) is 84.6 Å². The maximum absolute atomic E-state index is 13.3. The average Bonchev–Trinajstić information content (AvgIpc) is 3.05. The molecule has 1 N–H and O–H groups in total. The molecule has 1 amide bonds. The van der Waals surface area contributed by atoms with Gasteiger partial charge in [-0.25, -0.2) is 0 Å². The van der Waals surface area contributed by atoms with Crippen molar-refractivity contribution in [3.63, 3.8) is 0 Å². The molecule has 1 aliphatic rings. The van der Waals surface area contributed by atoms with Crippen molar-refractivity contribution in [2.45, 2.75) is 46.3 Å². The summed E-state index contributed by atoms with van der Waals surface area (Å²) < 4.78 is 11.6. The molecular weight excluding hydrogens is 444 g/mol. The van der Waals surface area contributed by atoms with Gasteiger partial charge in [0, 0.05) is 17.7 Å². The van der Waals surface area contributed by atoms with Crippen molar-refractivity contribution in [3.05, 3.63) is 64.7 Å². The van der Waals surface area contributed by atoms with E-state index in [2.05, 4.69) is 0 Å². The van der Waals surface area contributed by atoms with Crippen LogP contribution in [0.2, 0.25) is 0 Å². The molecule has 0 spiro atoms. The van der Waals surface area contributed by atoms with Crippen LogP contribution in [-0.2, 0) is 9.59 Å². The predicted octanol–water partition coefficient (Wildman–Crippen LogP) is 4.55. The number of amides is 1. The highest BCUT2D eigenvalue weighted by Gasteiger charge is 2.46. The molecule has 0 aliphatic carbocycles. The highest BCUT2D eigenvalue weighted by Crippen LogP contribution is 2.43. The van der Waals surface area contributed by atoms with E-state index in [9.17, 15) is 14.7 Å². The summed E-state index contributed by atoms with van der Waals surface area (Å²) in [4.78, 5) is 30.1. The van der Waals surface area contributed by atoms with Crippen molar-refractivity contribution >= 4 is 17.4 Å². The molecule has 7 nitrogen and oxygen atoms in total. The standard InChI is InChI=1S/C28H36N2O5/c1-7-34-23-12-9-8-11-21(23)25-24(27(32)28(33)30(25)16-10-15-29(5)6)26(31)20-13-14-22(19(4)17-20)35-18(2)3/h8-9,11-14,17-18,25,31H,7,10,15-16H2,1-6H3/b26-24+/t25-/m0/s1. The zero-order valence-electron chi connectivity index (χ0n) is 21.5. The maximum atomic E-state index is 13.3. The number of hydrogen-bond donors (Lipinski definition) is 1. The number of benzene rings is 2. The minimum atomic E-state index is -0.744. The van der Waals surface area contributed by atoms with E-state index < -0.39 is 17.7 Å². The lowest BCUT2D eigenvalue weighted by atomic mass is 9.94. The SMILES string of the molecule is CCOc1ccccc1[C@H]1/C(=C(\O)c2ccc(OC(C)C)c(C)c2)C(=O)C(=O)N1CCCN(C)C. The van der Waals surface area contributed by atoms with Crippen molar-refractivity contribution in [2.24, 2.45) is 0 Å². The Kier molecular flexibility index (Phi) is 8.57. The van der Waals surface area contributed by atoms with Crippen molar-refractivity contribution < 1.29 is 24.2 Å². The Morgan fingerprint density at radius 2 is 1.83 bits per heavy atom. The van der Waals surface area contributed by atoms with Crippen LogP contribution in [0.25, 0.3) is 5.76 Å². The fraction of sp³-hybridized carbons (Fsp3) is 0.429. The number of nitrogens with zero attached hydrogens (tertiary/aromatic N) is 2. The molecule has 188 valence electrons. The summed E-state index contributed by atoms with van der Waals surface area (Å²) in [6.07, 6.45) is 0.698. The summed E-state index contributed by atoms with van der Waals surface area (Å²) in [5, 5.41) is 11.4.